The molecule has 0 saturated carbocycles. The van der Waals surface area contributed by atoms with Crippen molar-refractivity contribution in [3.63, 3.8) is 0 Å². The van der Waals surface area contributed by atoms with Crippen LogP contribution in [0.25, 0.3) is 5.65 Å². The third-order valence-electron chi connectivity index (χ3n) is 4.14. The van der Waals surface area contributed by atoms with Crippen LogP contribution in [0.2, 0.25) is 0 Å². The minimum atomic E-state index is -0.0817. The number of tetrazole rings is 1. The van der Waals surface area contributed by atoms with E-state index < -0.39 is 0 Å². The summed E-state index contributed by atoms with van der Waals surface area (Å²) in [5, 5.41) is 14.3. The molecule has 1 N–H and O–H groups in total. The maximum absolute atomic E-state index is 12.4. The van der Waals surface area contributed by atoms with Gasteiger partial charge in [0.05, 0.1) is 5.56 Å². The van der Waals surface area contributed by atoms with Gasteiger partial charge in [0.2, 0.25) is 0 Å². The highest BCUT2D eigenvalue weighted by Gasteiger charge is 2.20. The summed E-state index contributed by atoms with van der Waals surface area (Å²) in [4.78, 5) is 12.4. The highest BCUT2D eigenvalue weighted by Crippen LogP contribution is 2.21. The molecule has 110 valence electrons. The number of carbonyl (C=O) groups excluding carboxylic acids is 1. The number of hydrogen-bond acceptors (Lipinski definition) is 4. The molecule has 1 amide bonds. The average molecular weight is 293 g/mol. The summed E-state index contributed by atoms with van der Waals surface area (Å²) >= 11 is 0. The van der Waals surface area contributed by atoms with Crippen molar-refractivity contribution in [1.82, 2.24) is 25.4 Å². The van der Waals surface area contributed by atoms with Crippen LogP contribution in [-0.4, -0.2) is 32.0 Å². The topological polar surface area (TPSA) is 72.2 Å². The van der Waals surface area contributed by atoms with Gasteiger partial charge in [-0.25, -0.2) is 0 Å². The van der Waals surface area contributed by atoms with Gasteiger partial charge < -0.3 is 5.32 Å². The molecular formula is C16H15N5O. The fourth-order valence-corrected chi connectivity index (χ4v) is 2.97. The number of amides is 1. The third-order valence-corrected chi connectivity index (χ3v) is 4.14. The Hall–Kier alpha value is -2.76. The van der Waals surface area contributed by atoms with Crippen LogP contribution in [0.4, 0.5) is 0 Å². The van der Waals surface area contributed by atoms with Gasteiger partial charge in [-0.15, -0.1) is 5.10 Å². The summed E-state index contributed by atoms with van der Waals surface area (Å²) in [7, 11) is 0. The normalized spacial score (nSPS) is 17.2. The molecular weight excluding hydrogens is 278 g/mol. The van der Waals surface area contributed by atoms with E-state index in [0.29, 0.717) is 11.2 Å². The lowest BCUT2D eigenvalue weighted by Gasteiger charge is -2.25. The van der Waals surface area contributed by atoms with Gasteiger partial charge >= 0.3 is 0 Å². The molecule has 0 fully saturated rings. The lowest BCUT2D eigenvalue weighted by molar-refractivity contribution is 0.0933. The minimum absolute atomic E-state index is 0.0817. The number of pyridine rings is 1. The van der Waals surface area contributed by atoms with E-state index in [2.05, 4.69) is 45.1 Å². The molecule has 1 atom stereocenters. The molecule has 0 bridgehead atoms. The smallest absolute Gasteiger partial charge is 0.253 e. The van der Waals surface area contributed by atoms with E-state index in [0.717, 1.165) is 19.3 Å². The van der Waals surface area contributed by atoms with Crippen molar-refractivity contribution in [3.8, 4) is 0 Å². The molecule has 1 unspecified atom stereocenters. The van der Waals surface area contributed by atoms with Gasteiger partial charge in [0.25, 0.3) is 5.91 Å². The van der Waals surface area contributed by atoms with E-state index in [1.807, 2.05) is 0 Å². The highest BCUT2D eigenvalue weighted by atomic mass is 16.1. The zero-order chi connectivity index (χ0) is 14.9. The van der Waals surface area contributed by atoms with Gasteiger partial charge in [-0.1, -0.05) is 24.3 Å². The van der Waals surface area contributed by atoms with Crippen LogP contribution in [0.15, 0.2) is 42.6 Å². The standard InChI is InChI=1S/C16H15N5O/c22-16(13-6-8-15-18-19-20-21(15)10-13)17-14-7-5-11-3-1-2-4-12(11)9-14/h1-4,6,8,10,14H,5,7,9H2,(H,17,22). The Labute approximate surface area is 127 Å². The van der Waals surface area contributed by atoms with Crippen molar-refractivity contribution in [2.24, 2.45) is 0 Å². The first kappa shape index (κ1) is 12.9. The van der Waals surface area contributed by atoms with Crippen molar-refractivity contribution >= 4 is 11.6 Å². The number of nitrogens with one attached hydrogen (secondary N) is 1. The third kappa shape index (κ3) is 2.32. The van der Waals surface area contributed by atoms with E-state index in [1.54, 1.807) is 18.3 Å². The molecule has 0 radical (unpaired) electrons. The van der Waals surface area contributed by atoms with Gasteiger partial charge in [-0.2, -0.15) is 4.52 Å². The second-order valence-electron chi connectivity index (χ2n) is 5.58. The number of rotatable bonds is 2. The number of fused-ring (bicyclic) bond motifs is 2. The number of aryl methyl sites for hydroxylation is 1. The van der Waals surface area contributed by atoms with Crippen LogP contribution in [-0.2, 0) is 12.8 Å². The Balaban J connectivity index is 1.50. The SMILES string of the molecule is O=C(NC1CCc2ccccc2C1)c1ccc2nnnn2c1. The van der Waals surface area contributed by atoms with E-state index in [-0.39, 0.29) is 11.9 Å². The van der Waals surface area contributed by atoms with Gasteiger partial charge in [0.15, 0.2) is 5.65 Å². The number of aromatic nitrogens is 4. The summed E-state index contributed by atoms with van der Waals surface area (Å²) in [5.41, 5.74) is 3.92. The van der Waals surface area contributed by atoms with E-state index in [4.69, 9.17) is 0 Å². The molecule has 2 aromatic heterocycles. The first-order valence-corrected chi connectivity index (χ1v) is 7.35. The van der Waals surface area contributed by atoms with Crippen molar-refractivity contribution in [1.29, 1.82) is 0 Å². The molecule has 2 heterocycles. The summed E-state index contributed by atoms with van der Waals surface area (Å²) in [6.45, 7) is 0. The molecule has 1 aromatic carbocycles. The van der Waals surface area contributed by atoms with Crippen LogP contribution >= 0.6 is 0 Å². The molecule has 6 nitrogen and oxygen atoms in total. The number of carbonyl (C=O) groups is 1. The average Bonchev–Trinajstić information content (AvgIpc) is 3.02. The summed E-state index contributed by atoms with van der Waals surface area (Å²) < 4.78 is 1.51. The van der Waals surface area contributed by atoms with Gasteiger partial charge in [0, 0.05) is 12.2 Å². The lowest BCUT2D eigenvalue weighted by Crippen LogP contribution is -2.38. The van der Waals surface area contributed by atoms with Crippen molar-refractivity contribution < 1.29 is 4.79 Å². The molecule has 0 aliphatic heterocycles. The number of benzene rings is 1. The van der Waals surface area contributed by atoms with Crippen LogP contribution in [0.3, 0.4) is 0 Å². The van der Waals surface area contributed by atoms with Crippen molar-refractivity contribution in [2.75, 3.05) is 0 Å². The second kappa shape index (κ2) is 5.22. The van der Waals surface area contributed by atoms with E-state index in [1.165, 1.54) is 15.6 Å². The van der Waals surface area contributed by atoms with Crippen LogP contribution < -0.4 is 5.32 Å². The number of nitrogens with zero attached hydrogens (tertiary/aromatic N) is 4. The molecule has 3 aromatic rings. The first-order valence-electron chi connectivity index (χ1n) is 7.35. The van der Waals surface area contributed by atoms with E-state index >= 15 is 0 Å². The summed E-state index contributed by atoms with van der Waals surface area (Å²) in [6, 6.07) is 12.1. The Morgan fingerprint density at radius 3 is 2.95 bits per heavy atom. The Morgan fingerprint density at radius 1 is 1.18 bits per heavy atom. The van der Waals surface area contributed by atoms with Crippen molar-refractivity contribution in [2.45, 2.75) is 25.3 Å². The fourth-order valence-electron chi connectivity index (χ4n) is 2.97. The molecule has 0 saturated heterocycles. The maximum atomic E-state index is 12.4. The minimum Gasteiger partial charge on any atom is -0.349 e. The molecule has 1 aliphatic rings. The maximum Gasteiger partial charge on any atom is 0.253 e. The van der Waals surface area contributed by atoms with Crippen molar-refractivity contribution in [3.05, 3.63) is 59.3 Å². The highest BCUT2D eigenvalue weighted by molar-refractivity contribution is 5.94. The van der Waals surface area contributed by atoms with Gasteiger partial charge in [-0.3, -0.25) is 4.79 Å². The quantitative estimate of drug-likeness (QED) is 0.775. The van der Waals surface area contributed by atoms with Crippen LogP contribution in [0.1, 0.15) is 27.9 Å². The first-order chi connectivity index (χ1) is 10.8. The number of hydrogen-bond donors (Lipinski definition) is 1. The molecule has 4 rings (SSSR count). The lowest BCUT2D eigenvalue weighted by atomic mass is 9.88. The molecule has 1 aliphatic carbocycles. The summed E-state index contributed by atoms with van der Waals surface area (Å²) in [6.07, 6.45) is 4.51. The van der Waals surface area contributed by atoms with Crippen LogP contribution in [0, 0.1) is 0 Å². The monoisotopic (exact) mass is 293 g/mol. The van der Waals surface area contributed by atoms with Gasteiger partial charge in [0.1, 0.15) is 0 Å². The van der Waals surface area contributed by atoms with Crippen LogP contribution in [0.5, 0.6) is 0 Å². The predicted octanol–water partition coefficient (Wildman–Crippen LogP) is 1.41. The zero-order valence-electron chi connectivity index (χ0n) is 11.9. The Morgan fingerprint density at radius 2 is 2.05 bits per heavy atom. The molecule has 0 spiro atoms. The predicted molar refractivity (Wildman–Crippen MR) is 80.5 cm³/mol. The fraction of sp³-hybridized carbons (Fsp3) is 0.250. The summed E-state index contributed by atoms with van der Waals surface area (Å²) in [5.74, 6) is -0.0817. The zero-order valence-corrected chi connectivity index (χ0v) is 11.9. The molecule has 22 heavy (non-hydrogen) atoms. The second-order valence-corrected chi connectivity index (χ2v) is 5.58. The van der Waals surface area contributed by atoms with E-state index in [9.17, 15) is 4.79 Å². The van der Waals surface area contributed by atoms with Gasteiger partial charge in [-0.05, 0) is 52.9 Å². The Kier molecular flexibility index (Phi) is 3.07. The Bertz CT molecular complexity index is 841. The largest absolute Gasteiger partial charge is 0.349 e. The molecule has 6 heteroatoms.